The second-order valence-electron chi connectivity index (χ2n) is 4.35. The molecule has 0 nitrogen and oxygen atoms in total. The summed E-state index contributed by atoms with van der Waals surface area (Å²) in [6.45, 7) is 0. The monoisotopic (exact) mass is 418 g/mol. The van der Waals surface area contributed by atoms with Crippen LogP contribution in [0, 0.1) is 7.14 Å². The highest BCUT2D eigenvalue weighted by Gasteiger charge is 2.20. The second-order valence-corrected chi connectivity index (χ2v) is 7.29. The molecule has 0 bridgehead atoms. The van der Waals surface area contributed by atoms with Gasteiger partial charge in [-0.3, -0.25) is 0 Å². The summed E-state index contributed by atoms with van der Waals surface area (Å²) in [5, 5.41) is 2.76. The molecule has 0 aliphatic heterocycles. The predicted molar refractivity (Wildman–Crippen MR) is 78.0 cm³/mol. The van der Waals surface area contributed by atoms with Crippen LogP contribution in [0.1, 0.15) is 0 Å². The highest BCUT2D eigenvalue weighted by molar-refractivity contribution is 6.50. The van der Waals surface area contributed by atoms with Gasteiger partial charge in [0.05, 0.1) is 0 Å². The summed E-state index contributed by atoms with van der Waals surface area (Å²) in [4.78, 5) is 0. The molecule has 0 saturated heterocycles. The van der Waals surface area contributed by atoms with Crippen LogP contribution in [0.15, 0.2) is 72.8 Å². The Morgan fingerprint density at radius 1 is 0.636 bits per heavy atom. The van der Waals surface area contributed by atoms with Gasteiger partial charge in [0.2, 0.25) is 3.57 Å². The van der Waals surface area contributed by atoms with Crippen molar-refractivity contribution in [1.82, 2.24) is 0 Å². The minimum absolute atomic E-state index is 0.0735. The Balaban J connectivity index is 0.000000309. The molecule has 0 atom stereocenters. The average Bonchev–Trinajstić information content (AvgIpc) is 2.47. The third-order valence-electron chi connectivity index (χ3n) is 2.68. The fourth-order valence-corrected chi connectivity index (χ4v) is 4.48. The van der Waals surface area contributed by atoms with E-state index >= 15 is 0 Å². The smallest absolute Gasteiger partial charge is 0.418 e. The highest BCUT2D eigenvalue weighted by Crippen LogP contribution is 2.12. The molecule has 3 aromatic carbocycles. The topological polar surface area (TPSA) is 0 Å². The van der Waals surface area contributed by atoms with Crippen molar-refractivity contribution in [2.45, 2.75) is 0 Å². The summed E-state index contributed by atoms with van der Waals surface area (Å²) in [7, 11) is -6.00. The van der Waals surface area contributed by atoms with Crippen LogP contribution >= 0.6 is 0 Å². The Morgan fingerprint density at radius 2 is 1.18 bits per heavy atom. The SMILES string of the molecule is F[B-](F)(F)F.c1ccc([I+]c2cccc3ccccc23)cc1. The van der Waals surface area contributed by atoms with Gasteiger partial charge in [-0.15, -0.1) is 0 Å². The van der Waals surface area contributed by atoms with Gasteiger partial charge in [0.15, 0.2) is 3.57 Å². The Hall–Kier alpha value is -1.57. The number of halogens is 5. The first-order valence-electron chi connectivity index (χ1n) is 6.48. The molecular weight excluding hydrogens is 406 g/mol. The van der Waals surface area contributed by atoms with Crippen LogP contribution in [-0.4, -0.2) is 7.25 Å². The van der Waals surface area contributed by atoms with E-state index < -0.39 is 7.25 Å². The number of fused-ring (bicyclic) bond motifs is 1. The van der Waals surface area contributed by atoms with Crippen LogP contribution in [-0.2, 0) is 0 Å². The second kappa shape index (κ2) is 7.62. The van der Waals surface area contributed by atoms with Crippen molar-refractivity contribution in [3.63, 3.8) is 0 Å². The molecule has 114 valence electrons. The first-order chi connectivity index (χ1) is 10.4. The van der Waals surface area contributed by atoms with Gasteiger partial charge in [-0.2, -0.15) is 0 Å². The Labute approximate surface area is 136 Å². The van der Waals surface area contributed by atoms with Crippen molar-refractivity contribution in [2.75, 3.05) is 0 Å². The van der Waals surface area contributed by atoms with Gasteiger partial charge in [-0.05, 0) is 29.7 Å². The van der Waals surface area contributed by atoms with Crippen LogP contribution in [0.5, 0.6) is 0 Å². The first kappa shape index (κ1) is 16.8. The molecule has 22 heavy (non-hydrogen) atoms. The maximum Gasteiger partial charge on any atom is 0.673 e. The Bertz CT molecular complexity index is 718. The number of benzene rings is 3. The molecule has 0 radical (unpaired) electrons. The molecule has 0 aliphatic rings. The van der Waals surface area contributed by atoms with E-state index in [2.05, 4.69) is 72.8 Å². The summed E-state index contributed by atoms with van der Waals surface area (Å²) in [6, 6.07) is 26.1. The molecule has 0 unspecified atom stereocenters. The summed E-state index contributed by atoms with van der Waals surface area (Å²) in [5.41, 5.74) is 0. The lowest BCUT2D eigenvalue weighted by molar-refractivity contribution is -0.595. The molecule has 0 fully saturated rings. The fraction of sp³-hybridized carbons (Fsp3) is 0. The standard InChI is InChI=1S/C16H12I.BF4/c1-2-9-14(10-3-1)17-16-12-6-8-13-7-4-5-11-15(13)16;2-1(3,4)5/h1-12H;/q+1;-1. The molecule has 0 heterocycles. The summed E-state index contributed by atoms with van der Waals surface area (Å²) in [6.07, 6.45) is 0. The minimum Gasteiger partial charge on any atom is -0.418 e. The number of hydrogen-bond donors (Lipinski definition) is 0. The summed E-state index contributed by atoms with van der Waals surface area (Å²) in [5.74, 6) is 0. The van der Waals surface area contributed by atoms with Crippen LogP contribution in [0.3, 0.4) is 0 Å². The lowest BCUT2D eigenvalue weighted by atomic mass is 10.1. The third kappa shape index (κ3) is 5.67. The molecule has 6 heteroatoms. The van der Waals surface area contributed by atoms with Crippen LogP contribution in [0.25, 0.3) is 10.8 Å². The van der Waals surface area contributed by atoms with Gasteiger partial charge < -0.3 is 17.3 Å². The average molecular weight is 418 g/mol. The largest absolute Gasteiger partial charge is 0.673 e. The van der Waals surface area contributed by atoms with E-state index in [0.29, 0.717) is 0 Å². The van der Waals surface area contributed by atoms with E-state index in [-0.39, 0.29) is 21.2 Å². The van der Waals surface area contributed by atoms with E-state index in [9.17, 15) is 17.3 Å². The van der Waals surface area contributed by atoms with Gasteiger partial charge in [0.1, 0.15) is 0 Å². The van der Waals surface area contributed by atoms with Gasteiger partial charge in [0.25, 0.3) is 0 Å². The van der Waals surface area contributed by atoms with E-state index in [1.54, 1.807) is 0 Å². The molecular formula is C16H12BF4I. The van der Waals surface area contributed by atoms with Gasteiger partial charge in [0, 0.05) is 5.39 Å². The van der Waals surface area contributed by atoms with E-state index in [4.69, 9.17) is 0 Å². The maximum absolute atomic E-state index is 9.75. The van der Waals surface area contributed by atoms with Crippen molar-refractivity contribution < 1.29 is 38.5 Å². The molecule has 0 N–H and O–H groups in total. The third-order valence-corrected chi connectivity index (χ3v) is 5.54. The lowest BCUT2D eigenvalue weighted by Crippen LogP contribution is -3.61. The number of hydrogen-bond acceptors (Lipinski definition) is 0. The van der Waals surface area contributed by atoms with Crippen molar-refractivity contribution >= 4 is 18.0 Å². The van der Waals surface area contributed by atoms with Gasteiger partial charge in [-0.1, -0.05) is 48.5 Å². The van der Waals surface area contributed by atoms with Crippen LogP contribution in [0.4, 0.5) is 17.3 Å². The zero-order valence-electron chi connectivity index (χ0n) is 11.4. The normalized spacial score (nSPS) is 10.9. The number of rotatable bonds is 2. The van der Waals surface area contributed by atoms with Crippen molar-refractivity contribution in [3.05, 3.63) is 79.9 Å². The predicted octanol–water partition coefficient (Wildman–Crippen LogP) is 2.27. The summed E-state index contributed by atoms with van der Waals surface area (Å²) >= 11 is -0.0735. The molecule has 0 aliphatic carbocycles. The molecule has 3 aromatic rings. The van der Waals surface area contributed by atoms with E-state index in [0.717, 1.165) is 0 Å². The van der Waals surface area contributed by atoms with Crippen LogP contribution < -0.4 is 21.2 Å². The maximum atomic E-state index is 9.75. The zero-order valence-corrected chi connectivity index (χ0v) is 13.6. The lowest BCUT2D eigenvalue weighted by Gasteiger charge is -1.95. The summed E-state index contributed by atoms with van der Waals surface area (Å²) < 4.78 is 42.0. The van der Waals surface area contributed by atoms with E-state index in [1.165, 1.54) is 17.9 Å². The fourth-order valence-electron chi connectivity index (χ4n) is 1.86. The molecule has 3 rings (SSSR count). The molecule has 0 aromatic heterocycles. The van der Waals surface area contributed by atoms with Crippen molar-refractivity contribution in [2.24, 2.45) is 0 Å². The Morgan fingerprint density at radius 3 is 1.86 bits per heavy atom. The molecule has 0 spiro atoms. The van der Waals surface area contributed by atoms with Gasteiger partial charge in [-0.25, -0.2) is 0 Å². The quantitative estimate of drug-likeness (QED) is 0.341. The zero-order chi connectivity index (χ0) is 16.0. The van der Waals surface area contributed by atoms with Gasteiger partial charge >= 0.3 is 28.5 Å². The molecule has 0 amide bonds. The first-order valence-corrected chi connectivity index (χ1v) is 8.64. The Kier molecular flexibility index (Phi) is 5.82. The van der Waals surface area contributed by atoms with E-state index in [1.807, 2.05) is 0 Å². The minimum atomic E-state index is -6.00. The highest BCUT2D eigenvalue weighted by atomic mass is 127. The molecule has 0 saturated carbocycles. The van der Waals surface area contributed by atoms with Crippen LogP contribution in [0.2, 0.25) is 0 Å². The van der Waals surface area contributed by atoms with Crippen molar-refractivity contribution in [1.29, 1.82) is 0 Å². The van der Waals surface area contributed by atoms with Crippen molar-refractivity contribution in [3.8, 4) is 0 Å².